The highest BCUT2D eigenvalue weighted by molar-refractivity contribution is 7.87. The molecular formula is C13H17F7O4S. The van der Waals surface area contributed by atoms with Crippen LogP contribution in [0.25, 0.3) is 0 Å². The third-order valence-corrected chi connectivity index (χ3v) is 4.38. The van der Waals surface area contributed by atoms with Crippen molar-refractivity contribution in [3.8, 4) is 0 Å². The van der Waals surface area contributed by atoms with Gasteiger partial charge in [0.05, 0.1) is 11.2 Å². The maximum absolute atomic E-state index is 13.6. The van der Waals surface area contributed by atoms with Gasteiger partial charge in [0.1, 0.15) is 12.2 Å². The largest absolute Gasteiger partial charge is 0.453 e. The maximum Gasteiger partial charge on any atom is 0.453 e. The lowest BCUT2D eigenvalue weighted by Crippen LogP contribution is -2.46. The van der Waals surface area contributed by atoms with E-state index in [0.29, 0.717) is 0 Å². The van der Waals surface area contributed by atoms with Crippen molar-refractivity contribution in [2.24, 2.45) is 0 Å². The van der Waals surface area contributed by atoms with Gasteiger partial charge in [-0.2, -0.15) is 39.2 Å². The summed E-state index contributed by atoms with van der Waals surface area (Å²) in [4.78, 5) is 0. The molecule has 0 amide bonds. The van der Waals surface area contributed by atoms with Crippen molar-refractivity contribution in [3.05, 3.63) is 11.8 Å². The van der Waals surface area contributed by atoms with Gasteiger partial charge in [0.25, 0.3) is 0 Å². The molecule has 1 heterocycles. The van der Waals surface area contributed by atoms with Gasteiger partial charge in [0.2, 0.25) is 0 Å². The molecule has 0 spiro atoms. The van der Waals surface area contributed by atoms with Crippen LogP contribution in [0.3, 0.4) is 0 Å². The Kier molecular flexibility index (Phi) is 5.28. The average Bonchev–Trinajstić information content (AvgIpc) is 2.18. The van der Waals surface area contributed by atoms with E-state index in [4.69, 9.17) is 4.74 Å². The van der Waals surface area contributed by atoms with Crippen molar-refractivity contribution in [3.63, 3.8) is 0 Å². The molecule has 0 fully saturated rings. The van der Waals surface area contributed by atoms with E-state index in [0.717, 1.165) is 6.08 Å². The Hall–Kier alpha value is -1.04. The van der Waals surface area contributed by atoms with E-state index >= 15 is 0 Å². The van der Waals surface area contributed by atoms with Crippen LogP contribution >= 0.6 is 0 Å². The maximum atomic E-state index is 13.6. The monoisotopic (exact) mass is 402 g/mol. The molecule has 0 unspecified atom stereocenters. The van der Waals surface area contributed by atoms with Gasteiger partial charge in [0.15, 0.2) is 0 Å². The van der Waals surface area contributed by atoms with Crippen LogP contribution in [0.4, 0.5) is 30.7 Å². The SMILES string of the molecule is CC1(C)C=C(OS(=O)(=O)C(F)(F)CC(F)(F)C(F)(F)F)CC(C)(C)O1. The van der Waals surface area contributed by atoms with Gasteiger partial charge in [-0.25, -0.2) is 0 Å². The fourth-order valence-electron chi connectivity index (χ4n) is 2.34. The van der Waals surface area contributed by atoms with Crippen LogP contribution in [0, 0.1) is 0 Å². The number of halogens is 7. The van der Waals surface area contributed by atoms with E-state index in [-0.39, 0.29) is 6.42 Å². The molecule has 0 aromatic rings. The Balaban J connectivity index is 3.10. The van der Waals surface area contributed by atoms with E-state index in [2.05, 4.69) is 4.18 Å². The lowest BCUT2D eigenvalue weighted by Gasteiger charge is -2.39. The van der Waals surface area contributed by atoms with Gasteiger partial charge < -0.3 is 8.92 Å². The first kappa shape index (κ1) is 22.0. The summed E-state index contributed by atoms with van der Waals surface area (Å²) < 4.78 is 122. The summed E-state index contributed by atoms with van der Waals surface area (Å²) in [5.74, 6) is -6.44. The fourth-order valence-corrected chi connectivity index (χ4v) is 3.21. The molecular weight excluding hydrogens is 385 g/mol. The predicted octanol–water partition coefficient (Wildman–Crippen LogP) is 4.37. The summed E-state index contributed by atoms with van der Waals surface area (Å²) in [6, 6.07) is 0. The summed E-state index contributed by atoms with van der Waals surface area (Å²) >= 11 is 0. The van der Waals surface area contributed by atoms with Crippen LogP contribution in [-0.2, 0) is 19.0 Å². The Morgan fingerprint density at radius 2 is 1.56 bits per heavy atom. The first-order chi connectivity index (χ1) is 10.7. The lowest BCUT2D eigenvalue weighted by atomic mass is 9.94. The number of hydrogen-bond donors (Lipinski definition) is 0. The number of hydrogen-bond acceptors (Lipinski definition) is 4. The molecule has 1 aliphatic heterocycles. The second-order valence-corrected chi connectivity index (χ2v) is 8.48. The molecule has 0 radical (unpaired) electrons. The Bertz CT molecular complexity index is 648. The normalized spacial score (nSPS) is 21.6. The van der Waals surface area contributed by atoms with Crippen LogP contribution in [0.1, 0.15) is 40.5 Å². The minimum Gasteiger partial charge on any atom is -0.383 e. The van der Waals surface area contributed by atoms with Gasteiger partial charge in [-0.1, -0.05) is 0 Å². The van der Waals surface area contributed by atoms with Gasteiger partial charge in [-0.05, 0) is 33.8 Å². The van der Waals surface area contributed by atoms with Crippen LogP contribution in [0.2, 0.25) is 0 Å². The second-order valence-electron chi connectivity index (χ2n) is 6.81. The van der Waals surface area contributed by atoms with Crippen molar-refractivity contribution in [1.82, 2.24) is 0 Å². The average molecular weight is 402 g/mol. The van der Waals surface area contributed by atoms with Crippen LogP contribution in [-0.4, -0.2) is 37.0 Å². The lowest BCUT2D eigenvalue weighted by molar-refractivity contribution is -0.294. The molecule has 0 aromatic carbocycles. The zero-order valence-corrected chi connectivity index (χ0v) is 14.5. The van der Waals surface area contributed by atoms with Crippen LogP contribution < -0.4 is 0 Å². The molecule has 0 saturated heterocycles. The smallest absolute Gasteiger partial charge is 0.383 e. The van der Waals surface area contributed by atoms with E-state index in [1.54, 1.807) is 0 Å². The highest BCUT2D eigenvalue weighted by atomic mass is 32.2. The minimum absolute atomic E-state index is 0.304. The van der Waals surface area contributed by atoms with Gasteiger partial charge in [0, 0.05) is 6.42 Å². The molecule has 148 valence electrons. The molecule has 4 nitrogen and oxygen atoms in total. The van der Waals surface area contributed by atoms with E-state index in [9.17, 15) is 39.2 Å². The quantitative estimate of drug-likeness (QED) is 0.506. The van der Waals surface area contributed by atoms with Crippen LogP contribution in [0.15, 0.2) is 11.8 Å². The zero-order valence-electron chi connectivity index (χ0n) is 13.7. The van der Waals surface area contributed by atoms with Crippen molar-refractivity contribution in [2.45, 2.75) is 69.1 Å². The van der Waals surface area contributed by atoms with E-state index < -0.39 is 50.9 Å². The van der Waals surface area contributed by atoms with Crippen molar-refractivity contribution < 1.29 is 48.1 Å². The van der Waals surface area contributed by atoms with E-state index in [1.807, 2.05) is 0 Å². The van der Waals surface area contributed by atoms with Crippen molar-refractivity contribution in [2.75, 3.05) is 0 Å². The summed E-state index contributed by atoms with van der Waals surface area (Å²) in [5.41, 5.74) is -2.16. The molecule has 0 aliphatic carbocycles. The number of ether oxygens (including phenoxy) is 1. The molecule has 0 N–H and O–H groups in total. The molecule has 0 atom stereocenters. The fraction of sp³-hybridized carbons (Fsp3) is 0.846. The first-order valence-electron chi connectivity index (χ1n) is 6.88. The predicted molar refractivity (Wildman–Crippen MR) is 72.5 cm³/mol. The van der Waals surface area contributed by atoms with Crippen molar-refractivity contribution in [1.29, 1.82) is 0 Å². The number of rotatable bonds is 5. The van der Waals surface area contributed by atoms with Gasteiger partial charge >= 0.3 is 27.5 Å². The first-order valence-corrected chi connectivity index (χ1v) is 8.29. The molecule has 0 aromatic heterocycles. The summed E-state index contributed by atoms with van der Waals surface area (Å²) in [6.07, 6.45) is -8.87. The summed E-state index contributed by atoms with van der Waals surface area (Å²) in [7, 11) is -6.09. The highest BCUT2D eigenvalue weighted by Gasteiger charge is 2.66. The Labute approximate surface area is 140 Å². The molecule has 25 heavy (non-hydrogen) atoms. The highest BCUT2D eigenvalue weighted by Crippen LogP contribution is 2.45. The number of alkyl halides is 7. The molecule has 0 saturated carbocycles. The van der Waals surface area contributed by atoms with Crippen molar-refractivity contribution >= 4 is 10.1 Å². The molecule has 12 heteroatoms. The second kappa shape index (κ2) is 6.00. The van der Waals surface area contributed by atoms with Crippen LogP contribution in [0.5, 0.6) is 0 Å². The minimum atomic E-state index is -6.33. The third-order valence-electron chi connectivity index (χ3n) is 3.07. The zero-order chi connectivity index (χ0) is 20.1. The molecule has 1 rings (SSSR count). The van der Waals surface area contributed by atoms with E-state index in [1.165, 1.54) is 27.7 Å². The molecule has 1 aliphatic rings. The van der Waals surface area contributed by atoms with Gasteiger partial charge in [-0.3, -0.25) is 0 Å². The summed E-state index contributed by atoms with van der Waals surface area (Å²) in [6.45, 7) is 5.90. The standard InChI is InChI=1S/C13H17F7O4S/c1-9(2)5-8(6-10(3,4)24-9)23-25(21,22)12(16,17)7-11(14,15)13(18,19)20/h5H,6-7H2,1-4H3. The summed E-state index contributed by atoms with van der Waals surface area (Å²) in [5, 5.41) is -5.46. The van der Waals surface area contributed by atoms with Gasteiger partial charge in [-0.15, -0.1) is 0 Å². The Morgan fingerprint density at radius 1 is 1.08 bits per heavy atom. The third kappa shape index (κ3) is 5.22. The Morgan fingerprint density at radius 3 is 1.96 bits per heavy atom. The topological polar surface area (TPSA) is 52.6 Å². The molecule has 0 bridgehead atoms.